The highest BCUT2D eigenvalue weighted by Crippen LogP contribution is 2.26. The van der Waals surface area contributed by atoms with E-state index in [0.29, 0.717) is 6.42 Å². The van der Waals surface area contributed by atoms with Crippen molar-refractivity contribution in [2.75, 3.05) is 36.8 Å². The largest absolute Gasteiger partial charge is 0.326 e. The molecule has 2 aromatic rings. The fraction of sp³-hybridized carbons (Fsp3) is 0.368. The molecule has 1 fully saturated rings. The van der Waals surface area contributed by atoms with Gasteiger partial charge in [0.05, 0.1) is 6.42 Å². The van der Waals surface area contributed by atoms with Crippen molar-refractivity contribution in [1.82, 2.24) is 9.80 Å². The van der Waals surface area contributed by atoms with E-state index in [1.165, 1.54) is 4.88 Å². The Balaban J connectivity index is 1.34. The maximum atomic E-state index is 12.6. The molecule has 0 unspecified atom stereocenters. The summed E-state index contributed by atoms with van der Waals surface area (Å²) in [7, 11) is 0. The minimum absolute atomic E-state index is 0.00169. The van der Waals surface area contributed by atoms with Gasteiger partial charge in [-0.05, 0) is 41.6 Å². The summed E-state index contributed by atoms with van der Waals surface area (Å²) in [5, 5.41) is 7.89. The lowest BCUT2D eigenvalue weighted by Gasteiger charge is -2.22. The Morgan fingerprint density at radius 2 is 2.12 bits per heavy atom. The van der Waals surface area contributed by atoms with Crippen molar-refractivity contribution in [3.05, 3.63) is 46.2 Å². The predicted octanol–water partition coefficient (Wildman–Crippen LogP) is 2.98. The molecule has 2 aliphatic rings. The van der Waals surface area contributed by atoms with Crippen LogP contribution in [0.15, 0.2) is 35.7 Å². The molecule has 4 rings (SSSR count). The summed E-state index contributed by atoms with van der Waals surface area (Å²) < 4.78 is 0. The Kier molecular flexibility index (Phi) is 4.90. The van der Waals surface area contributed by atoms with E-state index in [4.69, 9.17) is 0 Å². The van der Waals surface area contributed by atoms with Crippen LogP contribution in [0.4, 0.5) is 16.2 Å². The van der Waals surface area contributed by atoms with E-state index in [0.717, 1.165) is 56.1 Å². The number of hydrogen-bond donors (Lipinski definition) is 2. The number of carbonyl (C=O) groups is 2. The number of thiophene rings is 1. The maximum absolute atomic E-state index is 12.6. The van der Waals surface area contributed by atoms with Crippen LogP contribution in [-0.2, 0) is 17.8 Å². The number of amides is 3. The van der Waals surface area contributed by atoms with Gasteiger partial charge in [-0.1, -0.05) is 6.07 Å². The molecule has 1 aromatic carbocycles. The third-order valence-corrected chi connectivity index (χ3v) is 5.68. The number of hydrogen-bond acceptors (Lipinski definition) is 4. The second-order valence-electron chi connectivity index (χ2n) is 6.72. The summed E-state index contributed by atoms with van der Waals surface area (Å²) in [6, 6.07) is 9.74. The molecule has 2 N–H and O–H groups in total. The van der Waals surface area contributed by atoms with Crippen LogP contribution in [0.2, 0.25) is 0 Å². The molecule has 3 heterocycles. The number of fused-ring (bicyclic) bond motifs is 1. The topological polar surface area (TPSA) is 64.7 Å². The third kappa shape index (κ3) is 3.89. The molecular weight excluding hydrogens is 348 g/mol. The molecule has 0 aliphatic carbocycles. The van der Waals surface area contributed by atoms with Gasteiger partial charge < -0.3 is 15.5 Å². The van der Waals surface area contributed by atoms with Crippen LogP contribution in [0, 0.1) is 0 Å². The van der Waals surface area contributed by atoms with Gasteiger partial charge in [0.15, 0.2) is 0 Å². The zero-order valence-electron chi connectivity index (χ0n) is 14.5. The Morgan fingerprint density at radius 1 is 1.19 bits per heavy atom. The lowest BCUT2D eigenvalue weighted by Crippen LogP contribution is -2.38. The highest BCUT2D eigenvalue weighted by molar-refractivity contribution is 7.09. The molecule has 0 radical (unpaired) electrons. The van der Waals surface area contributed by atoms with Crippen LogP contribution in [0.25, 0.3) is 0 Å². The summed E-state index contributed by atoms with van der Waals surface area (Å²) >= 11 is 1.78. The monoisotopic (exact) mass is 370 g/mol. The Bertz CT molecular complexity index is 806. The average Bonchev–Trinajstić information content (AvgIpc) is 3.18. The molecular formula is C19H22N4O2S. The molecule has 2 aliphatic heterocycles. The molecule has 0 saturated carbocycles. The Hall–Kier alpha value is -2.38. The van der Waals surface area contributed by atoms with Crippen molar-refractivity contribution in [2.24, 2.45) is 0 Å². The third-order valence-electron chi connectivity index (χ3n) is 4.82. The van der Waals surface area contributed by atoms with E-state index in [1.807, 2.05) is 23.1 Å². The van der Waals surface area contributed by atoms with Gasteiger partial charge in [-0.25, -0.2) is 4.79 Å². The number of urea groups is 1. The van der Waals surface area contributed by atoms with Crippen LogP contribution in [0.5, 0.6) is 0 Å². The van der Waals surface area contributed by atoms with Crippen LogP contribution in [-0.4, -0.2) is 47.9 Å². The first-order chi connectivity index (χ1) is 12.7. The van der Waals surface area contributed by atoms with Gasteiger partial charge in [-0.2, -0.15) is 0 Å². The van der Waals surface area contributed by atoms with Crippen molar-refractivity contribution < 1.29 is 9.59 Å². The van der Waals surface area contributed by atoms with Crippen molar-refractivity contribution in [1.29, 1.82) is 0 Å². The minimum atomic E-state index is -0.0693. The van der Waals surface area contributed by atoms with Crippen molar-refractivity contribution >= 4 is 34.6 Å². The van der Waals surface area contributed by atoms with E-state index in [1.54, 1.807) is 11.3 Å². The van der Waals surface area contributed by atoms with E-state index >= 15 is 0 Å². The molecule has 0 atom stereocenters. The summed E-state index contributed by atoms with van der Waals surface area (Å²) in [6.07, 6.45) is 1.35. The Morgan fingerprint density at radius 3 is 2.96 bits per heavy atom. The van der Waals surface area contributed by atoms with Gasteiger partial charge in [0.1, 0.15) is 0 Å². The Labute approximate surface area is 156 Å². The number of anilines is 2. The zero-order valence-corrected chi connectivity index (χ0v) is 15.3. The predicted molar refractivity (Wildman–Crippen MR) is 104 cm³/mol. The smallest absolute Gasteiger partial charge is 0.321 e. The molecule has 1 aromatic heterocycles. The van der Waals surface area contributed by atoms with Crippen LogP contribution in [0.3, 0.4) is 0 Å². The first kappa shape index (κ1) is 17.1. The molecule has 6 nitrogen and oxygen atoms in total. The van der Waals surface area contributed by atoms with Crippen molar-refractivity contribution in [3.63, 3.8) is 0 Å². The molecule has 7 heteroatoms. The highest BCUT2D eigenvalue weighted by atomic mass is 32.1. The molecule has 1 saturated heterocycles. The fourth-order valence-corrected chi connectivity index (χ4v) is 4.21. The lowest BCUT2D eigenvalue weighted by atomic mass is 10.1. The second kappa shape index (κ2) is 7.47. The fourth-order valence-electron chi connectivity index (χ4n) is 3.46. The van der Waals surface area contributed by atoms with Gasteiger partial charge in [-0.15, -0.1) is 11.3 Å². The van der Waals surface area contributed by atoms with Crippen molar-refractivity contribution in [3.8, 4) is 0 Å². The standard InChI is InChI=1S/C19H22N4O2S/c24-18-12-14-11-15(4-5-17(14)21-18)20-19(25)23-7-2-6-22(8-9-23)13-16-3-1-10-26-16/h1,3-5,10-11H,2,6-9,12-13H2,(H,20,25)(H,21,24). The molecule has 3 amide bonds. The average molecular weight is 370 g/mol. The summed E-state index contributed by atoms with van der Waals surface area (Å²) in [4.78, 5) is 29.7. The van der Waals surface area contributed by atoms with Gasteiger partial charge in [0.2, 0.25) is 5.91 Å². The van der Waals surface area contributed by atoms with E-state index in [-0.39, 0.29) is 11.9 Å². The number of benzene rings is 1. The maximum Gasteiger partial charge on any atom is 0.321 e. The molecule has 136 valence electrons. The zero-order chi connectivity index (χ0) is 17.9. The SMILES string of the molecule is O=C1Cc2cc(NC(=O)N3CCCN(Cc4cccs4)CC3)ccc2N1. The first-order valence-electron chi connectivity index (χ1n) is 8.91. The number of carbonyl (C=O) groups excluding carboxylic acids is 2. The van der Waals surface area contributed by atoms with Crippen LogP contribution in [0.1, 0.15) is 16.9 Å². The van der Waals surface area contributed by atoms with Crippen LogP contribution < -0.4 is 10.6 Å². The number of nitrogens with zero attached hydrogens (tertiary/aromatic N) is 2. The number of nitrogens with one attached hydrogen (secondary N) is 2. The van der Waals surface area contributed by atoms with Gasteiger partial charge in [0.25, 0.3) is 0 Å². The normalized spacial score (nSPS) is 17.5. The van der Waals surface area contributed by atoms with Gasteiger partial charge >= 0.3 is 6.03 Å². The van der Waals surface area contributed by atoms with Gasteiger partial charge in [0, 0.05) is 49.0 Å². The van der Waals surface area contributed by atoms with E-state index in [2.05, 4.69) is 33.0 Å². The lowest BCUT2D eigenvalue weighted by molar-refractivity contribution is -0.115. The molecule has 0 spiro atoms. The quantitative estimate of drug-likeness (QED) is 0.873. The highest BCUT2D eigenvalue weighted by Gasteiger charge is 2.21. The van der Waals surface area contributed by atoms with E-state index < -0.39 is 0 Å². The number of rotatable bonds is 3. The van der Waals surface area contributed by atoms with E-state index in [9.17, 15) is 9.59 Å². The summed E-state index contributed by atoms with van der Waals surface area (Å²) in [5.41, 5.74) is 2.52. The molecule has 0 bridgehead atoms. The summed E-state index contributed by atoms with van der Waals surface area (Å²) in [5.74, 6) is 0.00169. The first-order valence-corrected chi connectivity index (χ1v) is 9.79. The second-order valence-corrected chi connectivity index (χ2v) is 7.76. The van der Waals surface area contributed by atoms with Crippen LogP contribution >= 0.6 is 11.3 Å². The summed E-state index contributed by atoms with van der Waals surface area (Å²) in [6.45, 7) is 4.33. The van der Waals surface area contributed by atoms with Crippen molar-refractivity contribution in [2.45, 2.75) is 19.4 Å². The molecule has 26 heavy (non-hydrogen) atoms. The van der Waals surface area contributed by atoms with Gasteiger partial charge in [-0.3, -0.25) is 9.69 Å². The minimum Gasteiger partial charge on any atom is -0.326 e.